The van der Waals surface area contributed by atoms with Crippen molar-refractivity contribution in [3.05, 3.63) is 36.7 Å². The maximum absolute atomic E-state index is 15.7. The van der Waals surface area contributed by atoms with Crippen LogP contribution in [0.2, 0.25) is 0 Å². The number of hydrogen-bond donors (Lipinski definition) is 2. The Morgan fingerprint density at radius 2 is 2.05 bits per heavy atom. The minimum atomic E-state index is -4.25. The van der Waals surface area contributed by atoms with E-state index in [1.807, 2.05) is 18.9 Å². The summed E-state index contributed by atoms with van der Waals surface area (Å²) in [6.45, 7) is 7.16. The van der Waals surface area contributed by atoms with Crippen LogP contribution in [0.3, 0.4) is 0 Å². The van der Waals surface area contributed by atoms with Crippen molar-refractivity contribution in [1.29, 1.82) is 0 Å². The first-order chi connectivity index (χ1) is 20.4. The molecule has 0 saturated carbocycles. The Morgan fingerprint density at radius 1 is 1.33 bits per heavy atom. The van der Waals surface area contributed by atoms with Gasteiger partial charge in [-0.2, -0.15) is 15.1 Å². The molecule has 4 rings (SSSR count). The van der Waals surface area contributed by atoms with Gasteiger partial charge < -0.3 is 24.6 Å². The van der Waals surface area contributed by atoms with E-state index in [4.69, 9.17) is 35.9 Å². The number of esters is 1. The normalized spacial score (nSPS) is 22.4. The van der Waals surface area contributed by atoms with Crippen LogP contribution in [0.5, 0.6) is 5.75 Å². The molecule has 16 heteroatoms. The molecule has 236 valence electrons. The highest BCUT2D eigenvalue weighted by Crippen LogP contribution is 2.48. The van der Waals surface area contributed by atoms with Gasteiger partial charge in [0.1, 0.15) is 23.6 Å². The molecule has 3 N–H and O–H groups in total. The summed E-state index contributed by atoms with van der Waals surface area (Å²) in [5, 5.41) is 2.61. The Labute approximate surface area is 254 Å². The summed E-state index contributed by atoms with van der Waals surface area (Å²) in [5.74, 6) is -0.113. The maximum Gasteiger partial charge on any atom is 0.459 e. The number of imidazole rings is 1. The zero-order chi connectivity index (χ0) is 31.4. The number of halogens is 2. The van der Waals surface area contributed by atoms with Crippen molar-refractivity contribution in [3.63, 3.8) is 0 Å². The minimum Gasteiger partial charge on any atom is -0.462 e. The summed E-state index contributed by atoms with van der Waals surface area (Å²) >= 11 is 6.33. The van der Waals surface area contributed by atoms with Crippen molar-refractivity contribution in [1.82, 2.24) is 24.6 Å². The number of carbonyl (C=O) groups excluding carboxylic acids is 1. The summed E-state index contributed by atoms with van der Waals surface area (Å²) < 4.78 is 54.0. The maximum atomic E-state index is 15.7. The molecular weight excluding hydrogens is 604 g/mol. The summed E-state index contributed by atoms with van der Waals surface area (Å²) in [4.78, 5) is 27.4. The van der Waals surface area contributed by atoms with E-state index >= 15 is 4.39 Å². The zero-order valence-electron chi connectivity index (χ0n) is 24.8. The number of carbonyl (C=O) groups is 1. The summed E-state index contributed by atoms with van der Waals surface area (Å²) in [6.07, 6.45) is -1.05. The van der Waals surface area contributed by atoms with Gasteiger partial charge in [0, 0.05) is 20.0 Å². The number of rotatable bonds is 14. The van der Waals surface area contributed by atoms with Gasteiger partial charge in [0.05, 0.1) is 24.9 Å². The monoisotopic (exact) mass is 641 g/mol. The van der Waals surface area contributed by atoms with E-state index in [2.05, 4.69) is 20.0 Å². The number of nitrogens with two attached hydrogens (primary N) is 1. The molecule has 1 saturated heterocycles. The molecule has 0 spiro atoms. The topological polar surface area (TPSA) is 156 Å². The van der Waals surface area contributed by atoms with E-state index in [9.17, 15) is 9.36 Å². The molecule has 5 atom stereocenters. The molecule has 1 unspecified atom stereocenters. The second-order valence-electron chi connectivity index (χ2n) is 10.7. The van der Waals surface area contributed by atoms with Crippen molar-refractivity contribution in [3.8, 4) is 5.75 Å². The Hall–Kier alpha value is -3.03. The van der Waals surface area contributed by atoms with Gasteiger partial charge in [-0.3, -0.25) is 13.9 Å². The molecule has 0 amide bonds. The number of alkyl halides is 2. The van der Waals surface area contributed by atoms with Crippen LogP contribution in [0.25, 0.3) is 11.2 Å². The molecule has 1 aromatic carbocycles. The predicted molar refractivity (Wildman–Crippen MR) is 161 cm³/mol. The van der Waals surface area contributed by atoms with Crippen LogP contribution < -0.4 is 20.2 Å². The molecule has 1 aliphatic rings. The number of anilines is 2. The van der Waals surface area contributed by atoms with Crippen LogP contribution in [0.15, 0.2) is 36.7 Å². The van der Waals surface area contributed by atoms with Gasteiger partial charge in [-0.05, 0) is 39.3 Å². The van der Waals surface area contributed by atoms with Gasteiger partial charge in [-0.25, -0.2) is 13.9 Å². The number of nitrogens with zero attached hydrogens (tertiary/aromatic N) is 5. The lowest BCUT2D eigenvalue weighted by Gasteiger charge is -2.30. The first kappa shape index (κ1) is 32.9. The molecule has 0 aliphatic carbocycles. The van der Waals surface area contributed by atoms with Gasteiger partial charge in [-0.1, -0.05) is 25.1 Å². The first-order valence-corrected chi connectivity index (χ1v) is 16.0. The molecule has 0 bridgehead atoms. The highest BCUT2D eigenvalue weighted by atomic mass is 35.5. The first-order valence-electron chi connectivity index (χ1n) is 14.0. The van der Waals surface area contributed by atoms with Crippen molar-refractivity contribution >= 4 is 48.2 Å². The highest BCUT2D eigenvalue weighted by Gasteiger charge is 2.50. The predicted octanol–water partition coefficient (Wildman–Crippen LogP) is 4.62. The number of benzene rings is 1. The van der Waals surface area contributed by atoms with E-state index in [0.717, 1.165) is 6.42 Å². The molecular formula is C27H38ClFN7O6P. The van der Waals surface area contributed by atoms with Crippen LogP contribution in [0, 0.1) is 0 Å². The van der Waals surface area contributed by atoms with E-state index < -0.39 is 44.4 Å². The van der Waals surface area contributed by atoms with Gasteiger partial charge in [0.25, 0.3) is 0 Å². The summed E-state index contributed by atoms with van der Waals surface area (Å²) in [5.41, 5.74) is 5.31. The number of nitrogen functional groups attached to an aromatic ring is 1. The van der Waals surface area contributed by atoms with Crippen molar-refractivity contribution in [2.45, 2.75) is 70.7 Å². The Bertz CT molecular complexity index is 1450. The van der Waals surface area contributed by atoms with Crippen LogP contribution >= 0.6 is 19.3 Å². The Kier molecular flexibility index (Phi) is 10.5. The zero-order valence-corrected chi connectivity index (χ0v) is 26.4. The van der Waals surface area contributed by atoms with Gasteiger partial charge in [0.2, 0.25) is 5.95 Å². The average Bonchev–Trinajstić information content (AvgIpc) is 3.52. The van der Waals surface area contributed by atoms with E-state index in [1.54, 1.807) is 44.2 Å². The van der Waals surface area contributed by atoms with Crippen molar-refractivity contribution in [2.75, 3.05) is 36.7 Å². The number of aromatic nitrogens is 4. The van der Waals surface area contributed by atoms with Crippen LogP contribution in [-0.4, -0.2) is 75.5 Å². The molecule has 2 aromatic heterocycles. The fourth-order valence-electron chi connectivity index (χ4n) is 4.63. The third kappa shape index (κ3) is 7.74. The molecule has 1 aliphatic heterocycles. The van der Waals surface area contributed by atoms with E-state index in [0.29, 0.717) is 23.5 Å². The smallest absolute Gasteiger partial charge is 0.459 e. The van der Waals surface area contributed by atoms with Crippen LogP contribution in [-0.2, 0) is 23.4 Å². The van der Waals surface area contributed by atoms with Crippen molar-refractivity contribution in [2.24, 2.45) is 0 Å². The number of fused-ring (bicyclic) bond motifs is 1. The minimum absolute atomic E-state index is 0.00253. The lowest BCUT2D eigenvalue weighted by Crippen LogP contribution is -2.40. The second-order valence-corrected chi connectivity index (χ2v) is 12.7. The number of ether oxygens (including phenoxy) is 2. The van der Waals surface area contributed by atoms with Crippen molar-refractivity contribution < 1.29 is 32.3 Å². The van der Waals surface area contributed by atoms with E-state index in [1.165, 1.54) is 17.8 Å². The lowest BCUT2D eigenvalue weighted by molar-refractivity contribution is -0.149. The Morgan fingerprint density at radius 3 is 2.70 bits per heavy atom. The lowest BCUT2D eigenvalue weighted by atomic mass is 10.0. The van der Waals surface area contributed by atoms with Crippen LogP contribution in [0.4, 0.5) is 16.2 Å². The number of para-hydroxylation sites is 1. The molecule has 3 aromatic rings. The second kappa shape index (κ2) is 13.7. The van der Waals surface area contributed by atoms with Gasteiger partial charge >= 0.3 is 13.7 Å². The molecule has 1 fully saturated rings. The molecule has 43 heavy (non-hydrogen) atoms. The van der Waals surface area contributed by atoms with Gasteiger partial charge in [-0.15, -0.1) is 11.6 Å². The fourth-order valence-corrected chi connectivity index (χ4v) is 6.45. The Balaban J connectivity index is 1.58. The summed E-state index contributed by atoms with van der Waals surface area (Å²) in [7, 11) is -2.39. The molecule has 13 nitrogen and oxygen atoms in total. The van der Waals surface area contributed by atoms with E-state index in [-0.39, 0.29) is 30.1 Å². The number of nitrogens with one attached hydrogen (secondary N) is 1. The third-order valence-electron chi connectivity index (χ3n) is 6.63. The summed E-state index contributed by atoms with van der Waals surface area (Å²) in [6, 6.07) is 7.23. The quantitative estimate of drug-likeness (QED) is 0.143. The highest BCUT2D eigenvalue weighted by molar-refractivity contribution is 7.52. The third-order valence-corrected chi connectivity index (χ3v) is 8.74. The number of hydrogen-bond acceptors (Lipinski definition) is 11. The van der Waals surface area contributed by atoms with Gasteiger partial charge in [0.15, 0.2) is 23.2 Å². The standard InChI is InChI=1S/C27H38ClFN7O6P/c1-6-12-35(5)22-21-23(33-26(30)32-22)36(16-31-21)24-20(29)13-27(14-28,41-24)15-39-43(38,42-19-10-8-7-9-11-19)34-18(4)25(37)40-17(2)3/h7-11,16-18,20,24H,6,12-15H2,1-5H3,(H,34,38)(H2,30,32,33)/t18-,20-,24+,27+,43?/m0/s1. The molecule has 0 radical (unpaired) electrons. The fraction of sp³-hybridized carbons (Fsp3) is 0.556. The van der Waals surface area contributed by atoms with Crippen LogP contribution in [0.1, 0.15) is 46.8 Å². The SMILES string of the molecule is CCCN(C)c1nc(N)nc2c1ncn2[C@@H]1O[C@](CCl)(COP(=O)(N[C@@H](C)C(=O)OC(C)C)Oc2ccccc2)C[C@@H]1F. The average molecular weight is 642 g/mol. The largest absolute Gasteiger partial charge is 0.462 e. The molecule has 3 heterocycles.